The molecule has 0 unspecified atom stereocenters. The molecule has 0 aliphatic rings. The summed E-state index contributed by atoms with van der Waals surface area (Å²) in [6.07, 6.45) is 6.49. The van der Waals surface area contributed by atoms with Crippen LogP contribution in [0, 0.1) is 0 Å². The summed E-state index contributed by atoms with van der Waals surface area (Å²) in [7, 11) is 0. The van der Waals surface area contributed by atoms with Crippen LogP contribution in [0.1, 0.15) is 44.4 Å². The maximum absolute atomic E-state index is 5.40. The molecular weight excluding hydrogens is 178 g/mol. The van der Waals surface area contributed by atoms with Crippen LogP contribution in [-0.4, -0.2) is 16.7 Å². The summed E-state index contributed by atoms with van der Waals surface area (Å²) in [5.74, 6) is 1.42. The zero-order valence-electron chi connectivity index (χ0n) is 8.83. The molecule has 4 heteroatoms. The van der Waals surface area contributed by atoms with Crippen molar-refractivity contribution >= 4 is 0 Å². The molecule has 1 rings (SSSR count). The summed E-state index contributed by atoms with van der Waals surface area (Å²) >= 11 is 0. The number of nitrogens with two attached hydrogens (primary N) is 1. The van der Waals surface area contributed by atoms with Crippen LogP contribution in [0.15, 0.2) is 4.42 Å². The maximum Gasteiger partial charge on any atom is 0.217 e. The van der Waals surface area contributed by atoms with Gasteiger partial charge in [0.05, 0.1) is 0 Å². The lowest BCUT2D eigenvalue weighted by Gasteiger charge is -1.94. The molecule has 0 aliphatic heterocycles. The van der Waals surface area contributed by atoms with Crippen LogP contribution in [-0.2, 0) is 12.8 Å². The lowest BCUT2D eigenvalue weighted by atomic mass is 10.1. The van der Waals surface area contributed by atoms with Gasteiger partial charge in [0.15, 0.2) is 0 Å². The van der Waals surface area contributed by atoms with Gasteiger partial charge >= 0.3 is 0 Å². The average Bonchev–Trinajstić information content (AvgIpc) is 2.61. The molecule has 0 bridgehead atoms. The fraction of sp³-hybridized carbons (Fsp3) is 0.800. The van der Waals surface area contributed by atoms with Gasteiger partial charge in [0.25, 0.3) is 0 Å². The van der Waals surface area contributed by atoms with Gasteiger partial charge in [-0.05, 0) is 6.42 Å². The predicted molar refractivity (Wildman–Crippen MR) is 54.9 cm³/mol. The summed E-state index contributed by atoms with van der Waals surface area (Å²) in [4.78, 5) is 0. The first kappa shape index (κ1) is 11.2. The van der Waals surface area contributed by atoms with Crippen LogP contribution >= 0.6 is 0 Å². The Morgan fingerprint density at radius 1 is 1.07 bits per heavy atom. The molecule has 0 aromatic carbocycles. The van der Waals surface area contributed by atoms with Crippen LogP contribution in [0.25, 0.3) is 0 Å². The second kappa shape index (κ2) is 6.54. The van der Waals surface area contributed by atoms with Crippen LogP contribution in [0.5, 0.6) is 0 Å². The van der Waals surface area contributed by atoms with E-state index < -0.39 is 0 Å². The van der Waals surface area contributed by atoms with E-state index in [2.05, 4.69) is 17.1 Å². The maximum atomic E-state index is 5.40. The van der Waals surface area contributed by atoms with Gasteiger partial charge < -0.3 is 10.2 Å². The van der Waals surface area contributed by atoms with Crippen molar-refractivity contribution in [1.82, 2.24) is 10.2 Å². The Bertz CT molecular complexity index is 247. The van der Waals surface area contributed by atoms with Crippen molar-refractivity contribution < 1.29 is 4.42 Å². The number of aromatic nitrogens is 2. The van der Waals surface area contributed by atoms with E-state index in [0.717, 1.165) is 18.7 Å². The first-order valence-electron chi connectivity index (χ1n) is 5.38. The Morgan fingerprint density at radius 2 is 1.79 bits per heavy atom. The minimum absolute atomic E-state index is 0.567. The lowest BCUT2D eigenvalue weighted by molar-refractivity contribution is 0.441. The third-order valence-corrected chi connectivity index (χ3v) is 2.11. The number of rotatable bonds is 7. The molecule has 0 saturated carbocycles. The van der Waals surface area contributed by atoms with E-state index in [9.17, 15) is 0 Å². The van der Waals surface area contributed by atoms with Gasteiger partial charge in [0.2, 0.25) is 11.8 Å². The smallest absolute Gasteiger partial charge is 0.217 e. The Hall–Kier alpha value is -0.900. The van der Waals surface area contributed by atoms with Gasteiger partial charge in [-0.25, -0.2) is 0 Å². The van der Waals surface area contributed by atoms with Crippen molar-refractivity contribution in [2.45, 2.75) is 45.4 Å². The molecule has 0 amide bonds. The third kappa shape index (κ3) is 3.87. The zero-order valence-corrected chi connectivity index (χ0v) is 8.83. The van der Waals surface area contributed by atoms with Crippen LogP contribution in [0.2, 0.25) is 0 Å². The van der Waals surface area contributed by atoms with Gasteiger partial charge in [-0.1, -0.05) is 26.2 Å². The standard InChI is InChI=1S/C10H19N3O/c1-2-3-4-5-6-9-12-13-10(14-9)7-8-11/h2-8,11H2,1H3. The Balaban J connectivity index is 2.22. The van der Waals surface area contributed by atoms with Crippen LogP contribution < -0.4 is 5.73 Å². The lowest BCUT2D eigenvalue weighted by Crippen LogP contribution is -2.02. The quantitative estimate of drug-likeness (QED) is 0.675. The van der Waals surface area contributed by atoms with Gasteiger partial charge in [-0.15, -0.1) is 10.2 Å². The molecule has 0 aliphatic carbocycles. The minimum atomic E-state index is 0.567. The normalized spacial score (nSPS) is 10.7. The number of aryl methyl sites for hydroxylation is 1. The van der Waals surface area contributed by atoms with E-state index in [1.165, 1.54) is 19.3 Å². The largest absolute Gasteiger partial charge is 0.425 e. The summed E-state index contributed by atoms with van der Waals surface area (Å²) in [5.41, 5.74) is 5.38. The summed E-state index contributed by atoms with van der Waals surface area (Å²) in [6.45, 7) is 2.77. The first-order chi connectivity index (χ1) is 6.86. The molecule has 1 aromatic heterocycles. The topological polar surface area (TPSA) is 64.9 Å². The van der Waals surface area contributed by atoms with Crippen molar-refractivity contribution in [2.75, 3.05) is 6.54 Å². The fourth-order valence-corrected chi connectivity index (χ4v) is 1.32. The van der Waals surface area contributed by atoms with Crippen molar-refractivity contribution in [2.24, 2.45) is 5.73 Å². The first-order valence-corrected chi connectivity index (χ1v) is 5.38. The summed E-state index contributed by atoms with van der Waals surface area (Å²) < 4.78 is 5.40. The van der Waals surface area contributed by atoms with Crippen molar-refractivity contribution in [1.29, 1.82) is 0 Å². The highest BCUT2D eigenvalue weighted by molar-refractivity contribution is 4.82. The zero-order chi connectivity index (χ0) is 10.2. The fourth-order valence-electron chi connectivity index (χ4n) is 1.32. The van der Waals surface area contributed by atoms with Gasteiger partial charge in [0, 0.05) is 19.4 Å². The number of hydrogen-bond donors (Lipinski definition) is 1. The third-order valence-electron chi connectivity index (χ3n) is 2.11. The monoisotopic (exact) mass is 197 g/mol. The van der Waals surface area contributed by atoms with E-state index in [1.807, 2.05) is 0 Å². The highest BCUT2D eigenvalue weighted by atomic mass is 16.4. The Morgan fingerprint density at radius 3 is 2.43 bits per heavy atom. The SMILES string of the molecule is CCCCCCc1nnc(CCN)o1. The molecule has 0 radical (unpaired) electrons. The number of unbranched alkanes of at least 4 members (excludes halogenated alkanes) is 3. The predicted octanol–water partition coefficient (Wildman–Crippen LogP) is 1.69. The molecule has 4 nitrogen and oxygen atoms in total. The highest BCUT2D eigenvalue weighted by Gasteiger charge is 2.04. The van der Waals surface area contributed by atoms with E-state index >= 15 is 0 Å². The van der Waals surface area contributed by atoms with Crippen molar-refractivity contribution in [3.8, 4) is 0 Å². The average molecular weight is 197 g/mol. The molecule has 0 spiro atoms. The van der Waals surface area contributed by atoms with E-state index in [0.29, 0.717) is 18.9 Å². The number of nitrogens with zero attached hydrogens (tertiary/aromatic N) is 2. The van der Waals surface area contributed by atoms with Crippen LogP contribution in [0.3, 0.4) is 0 Å². The Labute approximate surface area is 84.9 Å². The summed E-state index contributed by atoms with van der Waals surface area (Å²) in [5, 5.41) is 7.87. The molecule has 0 atom stereocenters. The molecule has 80 valence electrons. The second-order valence-electron chi connectivity index (χ2n) is 3.44. The molecule has 1 aromatic rings. The van der Waals surface area contributed by atoms with Crippen molar-refractivity contribution in [3.63, 3.8) is 0 Å². The van der Waals surface area contributed by atoms with Gasteiger partial charge in [-0.2, -0.15) is 0 Å². The Kier molecular flexibility index (Phi) is 5.22. The minimum Gasteiger partial charge on any atom is -0.425 e. The summed E-state index contributed by atoms with van der Waals surface area (Å²) in [6, 6.07) is 0. The van der Waals surface area contributed by atoms with Crippen LogP contribution in [0.4, 0.5) is 0 Å². The van der Waals surface area contributed by atoms with Crippen molar-refractivity contribution in [3.05, 3.63) is 11.8 Å². The van der Waals surface area contributed by atoms with E-state index in [4.69, 9.17) is 10.2 Å². The molecule has 0 saturated heterocycles. The second-order valence-corrected chi connectivity index (χ2v) is 3.44. The van der Waals surface area contributed by atoms with E-state index in [1.54, 1.807) is 0 Å². The molecule has 14 heavy (non-hydrogen) atoms. The molecule has 0 fully saturated rings. The molecular formula is C10H19N3O. The van der Waals surface area contributed by atoms with Gasteiger partial charge in [0.1, 0.15) is 0 Å². The van der Waals surface area contributed by atoms with E-state index in [-0.39, 0.29) is 0 Å². The molecule has 2 N–H and O–H groups in total. The number of hydrogen-bond acceptors (Lipinski definition) is 4. The molecule has 1 heterocycles. The highest BCUT2D eigenvalue weighted by Crippen LogP contribution is 2.07. The van der Waals surface area contributed by atoms with Gasteiger partial charge in [-0.3, -0.25) is 0 Å².